The zero-order chi connectivity index (χ0) is 12.1. The Hall–Kier alpha value is -1.56. The van der Waals surface area contributed by atoms with Crippen molar-refractivity contribution in [3.63, 3.8) is 0 Å². The van der Waals surface area contributed by atoms with Crippen molar-refractivity contribution in [3.8, 4) is 0 Å². The normalized spacial score (nSPS) is 9.71. The van der Waals surface area contributed by atoms with Gasteiger partial charge in [0.2, 0.25) is 0 Å². The summed E-state index contributed by atoms with van der Waals surface area (Å²) in [6, 6.07) is 18.9. The van der Waals surface area contributed by atoms with E-state index in [9.17, 15) is 4.79 Å². The average Bonchev–Trinajstić information content (AvgIpc) is 2.41. The van der Waals surface area contributed by atoms with Crippen molar-refractivity contribution < 1.29 is 4.79 Å². The molecule has 4 heteroatoms. The molecule has 0 unspecified atom stereocenters. The van der Waals surface area contributed by atoms with Crippen LogP contribution in [0.4, 0.5) is 16.2 Å². The van der Waals surface area contributed by atoms with Crippen LogP contribution in [-0.4, -0.2) is 6.03 Å². The number of amides is 2. The van der Waals surface area contributed by atoms with E-state index in [1.165, 1.54) is 0 Å². The van der Waals surface area contributed by atoms with E-state index in [2.05, 4.69) is 3.53 Å². The van der Waals surface area contributed by atoms with Crippen molar-refractivity contribution in [1.82, 2.24) is 3.53 Å². The van der Waals surface area contributed by atoms with Gasteiger partial charge in [-0.15, -0.1) is 0 Å². The molecule has 0 fully saturated rings. The highest BCUT2D eigenvalue weighted by atomic mass is 127. The summed E-state index contributed by atoms with van der Waals surface area (Å²) in [5.74, 6) is 0. The Morgan fingerprint density at radius 3 is 1.65 bits per heavy atom. The van der Waals surface area contributed by atoms with Crippen molar-refractivity contribution in [2.75, 3.05) is 4.90 Å². The molecular weight excluding hydrogens is 327 g/mol. The predicted molar refractivity (Wildman–Crippen MR) is 77.6 cm³/mol. The van der Waals surface area contributed by atoms with Crippen LogP contribution in [0.3, 0.4) is 0 Å². The first-order chi connectivity index (χ1) is 8.33. The monoisotopic (exact) mass is 338 g/mol. The second-order valence-electron chi connectivity index (χ2n) is 3.41. The lowest BCUT2D eigenvalue weighted by Gasteiger charge is -2.21. The third-order valence-corrected chi connectivity index (χ3v) is 2.77. The van der Waals surface area contributed by atoms with Crippen LogP contribution in [0.5, 0.6) is 0 Å². The van der Waals surface area contributed by atoms with Gasteiger partial charge in [-0.2, -0.15) is 0 Å². The number of anilines is 2. The Labute approximate surface area is 114 Å². The summed E-state index contributed by atoms with van der Waals surface area (Å²) in [5.41, 5.74) is 1.68. The molecule has 0 aliphatic rings. The van der Waals surface area contributed by atoms with Crippen molar-refractivity contribution in [3.05, 3.63) is 60.7 Å². The standard InChI is InChI=1S/C13H11IN2O/c14-15-13(17)16(11-7-3-1-4-8-11)12-9-5-2-6-10-12/h1-10H,(H,15,17). The van der Waals surface area contributed by atoms with E-state index in [1.54, 1.807) is 4.90 Å². The van der Waals surface area contributed by atoms with Crippen LogP contribution in [0.2, 0.25) is 0 Å². The first kappa shape index (κ1) is 11.9. The van der Waals surface area contributed by atoms with Gasteiger partial charge < -0.3 is 0 Å². The average molecular weight is 338 g/mol. The molecular formula is C13H11IN2O. The summed E-state index contributed by atoms with van der Waals surface area (Å²) in [6.07, 6.45) is 0. The van der Waals surface area contributed by atoms with E-state index in [-0.39, 0.29) is 6.03 Å². The molecule has 0 aliphatic carbocycles. The third-order valence-electron chi connectivity index (χ3n) is 2.31. The van der Waals surface area contributed by atoms with Crippen LogP contribution in [0.25, 0.3) is 0 Å². The third kappa shape index (κ3) is 2.76. The summed E-state index contributed by atoms with van der Waals surface area (Å²) in [6.45, 7) is 0. The largest absolute Gasteiger partial charge is 0.335 e. The molecule has 1 N–H and O–H groups in total. The minimum absolute atomic E-state index is 0.164. The molecule has 0 bridgehead atoms. The second-order valence-corrected chi connectivity index (χ2v) is 3.95. The first-order valence-corrected chi connectivity index (χ1v) is 6.21. The highest BCUT2D eigenvalue weighted by molar-refractivity contribution is 14.1. The van der Waals surface area contributed by atoms with Crippen LogP contribution in [0, 0.1) is 0 Å². The fourth-order valence-electron chi connectivity index (χ4n) is 1.58. The highest BCUT2D eigenvalue weighted by Crippen LogP contribution is 2.24. The zero-order valence-corrected chi connectivity index (χ0v) is 11.2. The predicted octanol–water partition coefficient (Wildman–Crippen LogP) is 3.88. The first-order valence-electron chi connectivity index (χ1n) is 5.14. The van der Waals surface area contributed by atoms with Gasteiger partial charge in [0.05, 0.1) is 34.2 Å². The second kappa shape index (κ2) is 5.67. The van der Waals surface area contributed by atoms with Gasteiger partial charge >= 0.3 is 6.03 Å². The Balaban J connectivity index is 2.43. The van der Waals surface area contributed by atoms with Crippen molar-refractivity contribution in [2.45, 2.75) is 0 Å². The number of carbonyl (C=O) groups is 1. The molecule has 17 heavy (non-hydrogen) atoms. The van der Waals surface area contributed by atoms with E-state index in [4.69, 9.17) is 0 Å². The summed E-state index contributed by atoms with van der Waals surface area (Å²) < 4.78 is 2.62. The Bertz CT molecular complexity index is 448. The number of hydrogen-bond acceptors (Lipinski definition) is 1. The van der Waals surface area contributed by atoms with Crippen LogP contribution in [0.1, 0.15) is 0 Å². The number of para-hydroxylation sites is 2. The fourth-order valence-corrected chi connectivity index (χ4v) is 1.82. The number of halogens is 1. The van der Waals surface area contributed by atoms with Gasteiger partial charge in [-0.1, -0.05) is 36.4 Å². The van der Waals surface area contributed by atoms with Gasteiger partial charge in [-0.05, 0) is 24.3 Å². The van der Waals surface area contributed by atoms with Crippen molar-refractivity contribution in [2.24, 2.45) is 0 Å². The van der Waals surface area contributed by atoms with Gasteiger partial charge in [0, 0.05) is 0 Å². The fraction of sp³-hybridized carbons (Fsp3) is 0. The summed E-state index contributed by atoms with van der Waals surface area (Å²) in [5, 5.41) is 0. The molecule has 0 atom stereocenters. The van der Waals surface area contributed by atoms with Gasteiger partial charge in [0.1, 0.15) is 0 Å². The Morgan fingerprint density at radius 1 is 0.882 bits per heavy atom. The lowest BCUT2D eigenvalue weighted by Crippen LogP contribution is -2.31. The summed E-state index contributed by atoms with van der Waals surface area (Å²) in [7, 11) is 0. The minimum atomic E-state index is -0.164. The van der Waals surface area contributed by atoms with Gasteiger partial charge in [0.15, 0.2) is 0 Å². The SMILES string of the molecule is O=C(NI)N(c1ccccc1)c1ccccc1. The molecule has 0 spiro atoms. The summed E-state index contributed by atoms with van der Waals surface area (Å²) >= 11 is 1.84. The zero-order valence-electron chi connectivity index (χ0n) is 9.01. The van der Waals surface area contributed by atoms with Gasteiger partial charge in [-0.3, -0.25) is 8.43 Å². The van der Waals surface area contributed by atoms with Crippen LogP contribution < -0.4 is 8.43 Å². The minimum Gasteiger partial charge on any atom is -0.280 e. The molecule has 3 nitrogen and oxygen atoms in total. The maximum atomic E-state index is 11.9. The maximum Gasteiger partial charge on any atom is 0.335 e. The van der Waals surface area contributed by atoms with E-state index in [0.717, 1.165) is 11.4 Å². The quantitative estimate of drug-likeness (QED) is 0.654. The van der Waals surface area contributed by atoms with E-state index in [1.807, 2.05) is 83.5 Å². The number of benzene rings is 2. The van der Waals surface area contributed by atoms with E-state index in [0.29, 0.717) is 0 Å². The number of carbonyl (C=O) groups excluding carboxylic acids is 1. The van der Waals surface area contributed by atoms with Crippen LogP contribution in [0.15, 0.2) is 60.7 Å². The number of rotatable bonds is 2. The number of nitrogens with one attached hydrogen (secondary N) is 1. The summed E-state index contributed by atoms with van der Waals surface area (Å²) in [4.78, 5) is 13.6. The molecule has 0 saturated heterocycles. The van der Waals surface area contributed by atoms with Gasteiger partial charge in [-0.25, -0.2) is 4.79 Å². The molecule has 2 aromatic carbocycles. The van der Waals surface area contributed by atoms with E-state index >= 15 is 0 Å². The van der Waals surface area contributed by atoms with Crippen LogP contribution >= 0.6 is 22.9 Å². The lowest BCUT2D eigenvalue weighted by atomic mass is 10.2. The molecule has 86 valence electrons. The molecule has 2 rings (SSSR count). The van der Waals surface area contributed by atoms with E-state index < -0.39 is 0 Å². The maximum absolute atomic E-state index is 11.9. The smallest absolute Gasteiger partial charge is 0.280 e. The topological polar surface area (TPSA) is 32.3 Å². The number of nitrogens with zero attached hydrogens (tertiary/aromatic N) is 1. The number of urea groups is 1. The molecule has 2 amide bonds. The molecule has 0 saturated carbocycles. The Morgan fingerprint density at radius 2 is 1.29 bits per heavy atom. The van der Waals surface area contributed by atoms with Crippen molar-refractivity contribution in [1.29, 1.82) is 0 Å². The number of hydrogen-bond donors (Lipinski definition) is 1. The molecule has 0 aliphatic heterocycles. The Kier molecular flexibility index (Phi) is 3.98. The molecule has 0 heterocycles. The van der Waals surface area contributed by atoms with Crippen LogP contribution in [-0.2, 0) is 0 Å². The molecule has 0 radical (unpaired) electrons. The highest BCUT2D eigenvalue weighted by Gasteiger charge is 2.15. The molecule has 0 aromatic heterocycles. The lowest BCUT2D eigenvalue weighted by molar-refractivity contribution is 0.254. The molecule has 2 aromatic rings. The van der Waals surface area contributed by atoms with Gasteiger partial charge in [0.25, 0.3) is 0 Å². The van der Waals surface area contributed by atoms with Crippen molar-refractivity contribution >= 4 is 40.3 Å².